The number of ether oxygens (including phenoxy) is 2. The van der Waals surface area contributed by atoms with Gasteiger partial charge in [-0.25, -0.2) is 0 Å². The van der Waals surface area contributed by atoms with E-state index in [2.05, 4.69) is 24.5 Å². The van der Waals surface area contributed by atoms with Crippen molar-refractivity contribution < 1.29 is 19.1 Å². The molecule has 0 spiro atoms. The van der Waals surface area contributed by atoms with E-state index in [4.69, 9.17) is 9.47 Å². The molecular formula is C24H40N4O4. The molecule has 3 saturated heterocycles. The number of hydrogen-bond donors (Lipinski definition) is 2. The third-order valence-electron chi connectivity index (χ3n) is 8.47. The molecule has 0 aromatic heterocycles. The Morgan fingerprint density at radius 3 is 1.47 bits per heavy atom. The van der Waals surface area contributed by atoms with E-state index in [1.165, 1.54) is 25.7 Å². The largest absolute Gasteiger partial charge is 0.376 e. The van der Waals surface area contributed by atoms with Crippen molar-refractivity contribution in [1.29, 1.82) is 0 Å². The minimum Gasteiger partial charge on any atom is -0.376 e. The van der Waals surface area contributed by atoms with Gasteiger partial charge in [0.25, 0.3) is 0 Å². The predicted octanol–water partition coefficient (Wildman–Crippen LogP) is 0.752. The summed E-state index contributed by atoms with van der Waals surface area (Å²) < 4.78 is 11.9. The molecule has 2 N–H and O–H groups in total. The minimum atomic E-state index is -0.0985. The Labute approximate surface area is 191 Å². The van der Waals surface area contributed by atoms with Crippen LogP contribution in [0.2, 0.25) is 0 Å². The maximum atomic E-state index is 12.8. The molecular weight excluding hydrogens is 408 g/mol. The van der Waals surface area contributed by atoms with Crippen molar-refractivity contribution in [2.24, 2.45) is 11.8 Å². The number of carbonyl (C=O) groups excluding carboxylic acids is 2. The fraction of sp³-hybridized carbons (Fsp3) is 0.917. The molecule has 2 amide bonds. The Hall–Kier alpha value is -1.22. The number of piperazine rings is 1. The molecule has 32 heavy (non-hydrogen) atoms. The smallest absolute Gasteiger partial charge is 0.236 e. The first-order valence-corrected chi connectivity index (χ1v) is 12.7. The Kier molecular flexibility index (Phi) is 6.24. The fourth-order valence-electron chi connectivity index (χ4n) is 5.92. The molecule has 5 aliphatic rings. The van der Waals surface area contributed by atoms with Gasteiger partial charge in [0.05, 0.1) is 25.3 Å². The van der Waals surface area contributed by atoms with Crippen molar-refractivity contribution in [2.45, 2.75) is 75.7 Å². The van der Waals surface area contributed by atoms with Gasteiger partial charge in [0, 0.05) is 50.5 Å². The summed E-state index contributed by atoms with van der Waals surface area (Å²) in [6.07, 6.45) is 7.38. The van der Waals surface area contributed by atoms with E-state index in [1.54, 1.807) is 0 Å². The van der Waals surface area contributed by atoms with Crippen LogP contribution in [0.4, 0.5) is 0 Å². The van der Waals surface area contributed by atoms with Crippen LogP contribution in [0.25, 0.3) is 0 Å². The highest BCUT2D eigenvalue weighted by atomic mass is 16.5. The zero-order valence-electron chi connectivity index (χ0n) is 19.7. The second kappa shape index (κ2) is 8.85. The molecule has 3 heterocycles. The lowest BCUT2D eigenvalue weighted by Gasteiger charge is -2.37. The molecule has 5 fully saturated rings. The maximum Gasteiger partial charge on any atom is 0.236 e. The molecule has 5 rings (SSSR count). The van der Waals surface area contributed by atoms with E-state index >= 15 is 0 Å². The van der Waals surface area contributed by atoms with Crippen molar-refractivity contribution in [3.05, 3.63) is 0 Å². The molecule has 4 atom stereocenters. The van der Waals surface area contributed by atoms with Crippen molar-refractivity contribution in [3.8, 4) is 0 Å². The molecule has 4 unspecified atom stereocenters. The van der Waals surface area contributed by atoms with Crippen LogP contribution >= 0.6 is 0 Å². The first-order valence-electron chi connectivity index (χ1n) is 12.7. The van der Waals surface area contributed by atoms with Crippen molar-refractivity contribution in [1.82, 2.24) is 20.4 Å². The second-order valence-corrected chi connectivity index (χ2v) is 11.1. The van der Waals surface area contributed by atoms with Gasteiger partial charge in [-0.2, -0.15) is 0 Å². The van der Waals surface area contributed by atoms with E-state index in [1.807, 2.05) is 9.80 Å². The number of rotatable bonds is 8. The normalized spacial score (nSPS) is 37.8. The average Bonchev–Trinajstić information content (AvgIpc) is 3.73. The van der Waals surface area contributed by atoms with Gasteiger partial charge in [-0.15, -0.1) is 0 Å². The Morgan fingerprint density at radius 2 is 1.12 bits per heavy atom. The van der Waals surface area contributed by atoms with E-state index in [0.29, 0.717) is 51.1 Å². The number of amides is 2. The highest BCUT2D eigenvalue weighted by molar-refractivity contribution is 5.80. The SMILES string of the molecule is CC1(NCC(=O)N2CCN(C(=O)CNC3(C)CCOC3C3CC3)CC2)CCOC1C1CC1. The zero-order valence-corrected chi connectivity index (χ0v) is 19.7. The fourth-order valence-corrected chi connectivity index (χ4v) is 5.92. The van der Waals surface area contributed by atoms with Crippen LogP contribution in [0.3, 0.4) is 0 Å². The Bertz CT molecular complexity index is 659. The van der Waals surface area contributed by atoms with Gasteiger partial charge in [0.1, 0.15) is 0 Å². The molecule has 3 aliphatic heterocycles. The van der Waals surface area contributed by atoms with Gasteiger partial charge in [0.2, 0.25) is 11.8 Å². The number of nitrogens with one attached hydrogen (secondary N) is 2. The lowest BCUT2D eigenvalue weighted by atomic mass is 9.90. The molecule has 0 radical (unpaired) electrons. The Balaban J connectivity index is 1.04. The molecule has 0 aromatic carbocycles. The number of hydrogen-bond acceptors (Lipinski definition) is 6. The van der Waals surface area contributed by atoms with Gasteiger partial charge in [0.15, 0.2) is 0 Å². The van der Waals surface area contributed by atoms with Crippen LogP contribution in [-0.2, 0) is 19.1 Å². The van der Waals surface area contributed by atoms with Crippen LogP contribution in [0.15, 0.2) is 0 Å². The van der Waals surface area contributed by atoms with Crippen LogP contribution < -0.4 is 10.6 Å². The molecule has 0 bridgehead atoms. The lowest BCUT2D eigenvalue weighted by Crippen LogP contribution is -2.58. The third-order valence-corrected chi connectivity index (χ3v) is 8.47. The maximum absolute atomic E-state index is 12.8. The Morgan fingerprint density at radius 1 is 0.750 bits per heavy atom. The van der Waals surface area contributed by atoms with Gasteiger partial charge in [-0.3, -0.25) is 9.59 Å². The van der Waals surface area contributed by atoms with E-state index in [-0.39, 0.29) is 35.1 Å². The standard InChI is InChI=1S/C24H40N4O4/c1-23(7-13-31-21(23)17-3-4-17)25-15-19(29)27-9-11-28(12-10-27)20(30)16-26-24(2)8-14-32-22(24)18-5-6-18/h17-18,21-22,25-26H,3-16H2,1-2H3. The summed E-state index contributed by atoms with van der Waals surface area (Å²) in [5.41, 5.74) is -0.197. The molecule has 0 aromatic rings. The summed E-state index contributed by atoms with van der Waals surface area (Å²) >= 11 is 0. The first-order chi connectivity index (χ1) is 15.4. The summed E-state index contributed by atoms with van der Waals surface area (Å²) in [7, 11) is 0. The highest BCUT2D eigenvalue weighted by Crippen LogP contribution is 2.44. The van der Waals surface area contributed by atoms with E-state index in [9.17, 15) is 9.59 Å². The van der Waals surface area contributed by atoms with Crippen LogP contribution in [0.1, 0.15) is 52.4 Å². The molecule has 8 heteroatoms. The highest BCUT2D eigenvalue weighted by Gasteiger charge is 2.49. The zero-order chi connectivity index (χ0) is 22.3. The molecule has 180 valence electrons. The van der Waals surface area contributed by atoms with Crippen molar-refractivity contribution in [3.63, 3.8) is 0 Å². The van der Waals surface area contributed by atoms with Gasteiger partial charge in [-0.1, -0.05) is 0 Å². The monoisotopic (exact) mass is 448 g/mol. The van der Waals surface area contributed by atoms with Crippen LogP contribution in [0, 0.1) is 11.8 Å². The quantitative estimate of drug-likeness (QED) is 0.570. The van der Waals surface area contributed by atoms with Gasteiger partial charge in [-0.05, 0) is 64.2 Å². The molecule has 2 aliphatic carbocycles. The van der Waals surface area contributed by atoms with Crippen molar-refractivity contribution in [2.75, 3.05) is 52.5 Å². The summed E-state index contributed by atoms with van der Waals surface area (Å²) in [6.45, 7) is 9.08. The predicted molar refractivity (Wildman–Crippen MR) is 120 cm³/mol. The third kappa shape index (κ3) is 4.69. The molecule has 8 nitrogen and oxygen atoms in total. The van der Waals surface area contributed by atoms with Crippen molar-refractivity contribution >= 4 is 11.8 Å². The van der Waals surface area contributed by atoms with Crippen LogP contribution in [0.5, 0.6) is 0 Å². The van der Waals surface area contributed by atoms with Gasteiger partial charge >= 0.3 is 0 Å². The minimum absolute atomic E-state index is 0.0985. The first kappa shape index (κ1) is 22.6. The summed E-state index contributed by atoms with van der Waals surface area (Å²) in [5, 5.41) is 7.03. The lowest BCUT2D eigenvalue weighted by molar-refractivity contribution is -0.139. The summed E-state index contributed by atoms with van der Waals surface area (Å²) in [5.74, 6) is 1.57. The summed E-state index contributed by atoms with van der Waals surface area (Å²) in [4.78, 5) is 29.4. The van der Waals surface area contributed by atoms with E-state index in [0.717, 1.165) is 26.1 Å². The number of nitrogens with zero attached hydrogens (tertiary/aromatic N) is 2. The van der Waals surface area contributed by atoms with Crippen LogP contribution in [-0.4, -0.2) is 97.4 Å². The second-order valence-electron chi connectivity index (χ2n) is 11.1. The van der Waals surface area contributed by atoms with Gasteiger partial charge < -0.3 is 29.9 Å². The number of carbonyl (C=O) groups is 2. The average molecular weight is 449 g/mol. The summed E-state index contributed by atoms with van der Waals surface area (Å²) in [6, 6.07) is 0. The molecule has 2 saturated carbocycles. The topological polar surface area (TPSA) is 83.1 Å². The van der Waals surface area contributed by atoms with E-state index < -0.39 is 0 Å².